The minimum Gasteiger partial charge on any atom is -0.484 e. The number of rotatable bonds is 3. The molecule has 1 N–H and O–H groups in total. The molecule has 1 aromatic rings. The Balaban J connectivity index is 0.00000162. The van der Waals surface area contributed by atoms with Gasteiger partial charge in [0, 0.05) is 29.7 Å². The minimum atomic E-state index is 0. The highest BCUT2D eigenvalue weighted by Gasteiger charge is 2.16. The summed E-state index contributed by atoms with van der Waals surface area (Å²) in [5.74, 6) is 0.811. The summed E-state index contributed by atoms with van der Waals surface area (Å²) in [6.07, 6.45) is 0. The van der Waals surface area contributed by atoms with E-state index in [1.54, 1.807) is 0 Å². The zero-order valence-electron chi connectivity index (χ0n) is 9.89. The summed E-state index contributed by atoms with van der Waals surface area (Å²) in [4.78, 5) is 13.7. The van der Waals surface area contributed by atoms with E-state index < -0.39 is 0 Å². The van der Waals surface area contributed by atoms with Gasteiger partial charge in [-0.3, -0.25) is 4.79 Å². The van der Waals surface area contributed by atoms with E-state index in [0.717, 1.165) is 35.5 Å². The van der Waals surface area contributed by atoms with E-state index in [1.807, 2.05) is 29.2 Å². The van der Waals surface area contributed by atoms with Crippen molar-refractivity contribution in [1.82, 2.24) is 10.2 Å². The van der Waals surface area contributed by atoms with E-state index in [1.165, 1.54) is 0 Å². The quantitative estimate of drug-likeness (QED) is 0.806. The summed E-state index contributed by atoms with van der Waals surface area (Å²) >= 11 is 2.22. The number of hydrogen-bond donors (Lipinski definition) is 1. The number of ether oxygens (including phenoxy) is 1. The van der Waals surface area contributed by atoms with Gasteiger partial charge in [-0.1, -0.05) is 6.07 Å². The standard InChI is InChI=1S/C12H15IN2O2.ClH/c13-10-2-1-3-11(8-10)17-9-12(16)15-6-4-14-5-7-15;/h1-3,8,14H,4-7,9H2;1H. The van der Waals surface area contributed by atoms with Crippen LogP contribution in [0.3, 0.4) is 0 Å². The van der Waals surface area contributed by atoms with E-state index in [9.17, 15) is 4.79 Å². The van der Waals surface area contributed by atoms with E-state index >= 15 is 0 Å². The van der Waals surface area contributed by atoms with Crippen LogP contribution >= 0.6 is 35.0 Å². The van der Waals surface area contributed by atoms with E-state index in [0.29, 0.717) is 0 Å². The average Bonchev–Trinajstić information content (AvgIpc) is 2.37. The van der Waals surface area contributed by atoms with Gasteiger partial charge in [0.25, 0.3) is 5.91 Å². The van der Waals surface area contributed by atoms with Crippen LogP contribution in [0.5, 0.6) is 5.75 Å². The van der Waals surface area contributed by atoms with Gasteiger partial charge in [-0.2, -0.15) is 0 Å². The van der Waals surface area contributed by atoms with Crippen molar-refractivity contribution in [3.63, 3.8) is 0 Å². The molecule has 1 amide bonds. The van der Waals surface area contributed by atoms with Gasteiger partial charge in [0.2, 0.25) is 0 Å². The van der Waals surface area contributed by atoms with Gasteiger partial charge in [-0.05, 0) is 40.8 Å². The van der Waals surface area contributed by atoms with Crippen molar-refractivity contribution in [3.05, 3.63) is 27.8 Å². The largest absolute Gasteiger partial charge is 0.484 e. The Morgan fingerprint density at radius 2 is 2.11 bits per heavy atom. The topological polar surface area (TPSA) is 41.6 Å². The summed E-state index contributed by atoms with van der Waals surface area (Å²) < 4.78 is 6.59. The van der Waals surface area contributed by atoms with Gasteiger partial charge in [0.05, 0.1) is 0 Å². The van der Waals surface area contributed by atoms with Crippen LogP contribution in [0.2, 0.25) is 0 Å². The number of amides is 1. The van der Waals surface area contributed by atoms with Crippen LogP contribution in [-0.4, -0.2) is 43.6 Å². The summed E-state index contributed by atoms with van der Waals surface area (Å²) in [7, 11) is 0. The van der Waals surface area contributed by atoms with Crippen molar-refractivity contribution in [2.24, 2.45) is 0 Å². The first kappa shape index (κ1) is 15.5. The fraction of sp³-hybridized carbons (Fsp3) is 0.417. The van der Waals surface area contributed by atoms with Crippen LogP contribution in [0.4, 0.5) is 0 Å². The van der Waals surface area contributed by atoms with E-state index in [-0.39, 0.29) is 24.9 Å². The Labute approximate surface area is 127 Å². The zero-order chi connectivity index (χ0) is 12.1. The first-order chi connectivity index (χ1) is 8.25. The minimum absolute atomic E-state index is 0. The monoisotopic (exact) mass is 382 g/mol. The van der Waals surface area contributed by atoms with Crippen molar-refractivity contribution >= 4 is 40.9 Å². The van der Waals surface area contributed by atoms with Crippen molar-refractivity contribution in [1.29, 1.82) is 0 Å². The third-order valence-electron chi connectivity index (χ3n) is 2.63. The van der Waals surface area contributed by atoms with Gasteiger partial charge in [-0.15, -0.1) is 12.4 Å². The Hall–Kier alpha value is -0.530. The zero-order valence-corrected chi connectivity index (χ0v) is 12.9. The van der Waals surface area contributed by atoms with Crippen LogP contribution in [-0.2, 0) is 4.79 Å². The third kappa shape index (κ3) is 4.62. The molecule has 0 bridgehead atoms. The van der Waals surface area contributed by atoms with Crippen molar-refractivity contribution in [2.75, 3.05) is 32.8 Å². The number of nitrogens with one attached hydrogen (secondary N) is 1. The summed E-state index contributed by atoms with van der Waals surface area (Å²) in [6.45, 7) is 3.41. The number of hydrogen-bond acceptors (Lipinski definition) is 3. The normalized spacial score (nSPS) is 14.8. The molecule has 0 unspecified atom stereocenters. The lowest BCUT2D eigenvalue weighted by Crippen LogP contribution is -2.47. The first-order valence-electron chi connectivity index (χ1n) is 5.62. The second-order valence-electron chi connectivity index (χ2n) is 3.88. The van der Waals surface area contributed by atoms with Gasteiger partial charge in [0.1, 0.15) is 5.75 Å². The fourth-order valence-electron chi connectivity index (χ4n) is 1.71. The molecule has 100 valence electrons. The van der Waals surface area contributed by atoms with Crippen molar-refractivity contribution < 1.29 is 9.53 Å². The lowest BCUT2D eigenvalue weighted by molar-refractivity contribution is -0.133. The molecule has 0 aliphatic carbocycles. The second-order valence-corrected chi connectivity index (χ2v) is 5.12. The highest BCUT2D eigenvalue weighted by atomic mass is 127. The van der Waals surface area contributed by atoms with Crippen LogP contribution in [0.1, 0.15) is 0 Å². The number of piperazine rings is 1. The number of nitrogens with zero attached hydrogens (tertiary/aromatic N) is 1. The molecular weight excluding hydrogens is 367 g/mol. The Kier molecular flexibility index (Phi) is 6.73. The van der Waals surface area contributed by atoms with E-state index in [2.05, 4.69) is 27.9 Å². The molecule has 0 radical (unpaired) electrons. The maximum Gasteiger partial charge on any atom is 0.260 e. The maximum atomic E-state index is 11.8. The van der Waals surface area contributed by atoms with Gasteiger partial charge in [-0.25, -0.2) is 0 Å². The Bertz CT molecular complexity index is 397. The van der Waals surface area contributed by atoms with Gasteiger partial charge in [0.15, 0.2) is 6.61 Å². The number of benzene rings is 1. The smallest absolute Gasteiger partial charge is 0.260 e. The number of halogens is 2. The summed E-state index contributed by atoms with van der Waals surface area (Å²) in [5, 5.41) is 3.22. The molecule has 1 saturated heterocycles. The number of carbonyl (C=O) groups is 1. The Morgan fingerprint density at radius 1 is 1.39 bits per heavy atom. The van der Waals surface area contributed by atoms with Crippen molar-refractivity contribution in [3.8, 4) is 5.75 Å². The molecule has 18 heavy (non-hydrogen) atoms. The predicted octanol–water partition coefficient (Wildman–Crippen LogP) is 1.52. The highest BCUT2D eigenvalue weighted by Crippen LogP contribution is 2.14. The van der Waals surface area contributed by atoms with Crippen LogP contribution < -0.4 is 10.1 Å². The average molecular weight is 383 g/mol. The second kappa shape index (κ2) is 7.81. The number of carbonyl (C=O) groups excluding carboxylic acids is 1. The molecule has 1 aliphatic rings. The van der Waals surface area contributed by atoms with Crippen molar-refractivity contribution in [2.45, 2.75) is 0 Å². The van der Waals surface area contributed by atoms with Crippen LogP contribution in [0.15, 0.2) is 24.3 Å². The SMILES string of the molecule is Cl.O=C(COc1cccc(I)c1)N1CCNCC1. The molecule has 1 aromatic carbocycles. The maximum absolute atomic E-state index is 11.8. The predicted molar refractivity (Wildman–Crippen MR) is 81.4 cm³/mol. The van der Waals surface area contributed by atoms with Crippen LogP contribution in [0, 0.1) is 3.57 Å². The molecule has 1 aliphatic heterocycles. The molecule has 6 heteroatoms. The molecule has 1 heterocycles. The molecule has 0 spiro atoms. The van der Waals surface area contributed by atoms with Crippen LogP contribution in [0.25, 0.3) is 0 Å². The lowest BCUT2D eigenvalue weighted by atomic mass is 10.3. The van der Waals surface area contributed by atoms with E-state index in [4.69, 9.17) is 4.74 Å². The molecule has 0 aromatic heterocycles. The fourth-order valence-corrected chi connectivity index (χ4v) is 2.22. The highest BCUT2D eigenvalue weighted by molar-refractivity contribution is 14.1. The first-order valence-corrected chi connectivity index (χ1v) is 6.70. The molecular formula is C12H16ClIN2O2. The van der Waals surface area contributed by atoms with Gasteiger partial charge >= 0.3 is 0 Å². The molecule has 2 rings (SSSR count). The summed E-state index contributed by atoms with van der Waals surface area (Å²) in [6, 6.07) is 7.71. The Morgan fingerprint density at radius 3 is 2.78 bits per heavy atom. The lowest BCUT2D eigenvalue weighted by Gasteiger charge is -2.27. The third-order valence-corrected chi connectivity index (χ3v) is 3.30. The molecule has 4 nitrogen and oxygen atoms in total. The molecule has 0 atom stereocenters. The molecule has 0 saturated carbocycles. The van der Waals surface area contributed by atoms with Gasteiger partial charge < -0.3 is 15.0 Å². The summed E-state index contributed by atoms with van der Waals surface area (Å²) in [5.41, 5.74) is 0. The molecule has 1 fully saturated rings.